The van der Waals surface area contributed by atoms with E-state index in [4.69, 9.17) is 11.0 Å². The first-order valence-electron chi connectivity index (χ1n) is 7.11. The Morgan fingerprint density at radius 1 is 1.42 bits per heavy atom. The maximum Gasteiger partial charge on any atom is 0.210 e. The number of nitrogens with one attached hydrogen (secondary N) is 1. The van der Waals surface area contributed by atoms with E-state index in [0.717, 1.165) is 11.3 Å². The highest BCUT2D eigenvalue weighted by molar-refractivity contribution is 8.01. The Kier molecular flexibility index (Phi) is 5.95. The topological polar surface area (TPSA) is 105 Å². The molecule has 0 unspecified atom stereocenters. The number of nitriles is 1. The van der Waals surface area contributed by atoms with Crippen molar-refractivity contribution in [3.05, 3.63) is 40.6 Å². The molecule has 2 rings (SSSR count). The molecule has 1 aromatic heterocycles. The van der Waals surface area contributed by atoms with Gasteiger partial charge in [0.25, 0.3) is 0 Å². The van der Waals surface area contributed by atoms with Crippen LogP contribution in [0.15, 0.2) is 33.8 Å². The Labute approximate surface area is 148 Å². The van der Waals surface area contributed by atoms with Crippen LogP contribution in [0.5, 0.6) is 0 Å². The maximum atomic E-state index is 11.9. The molecule has 0 saturated heterocycles. The van der Waals surface area contributed by atoms with Gasteiger partial charge in [0, 0.05) is 11.4 Å². The molecule has 0 aliphatic rings. The van der Waals surface area contributed by atoms with Crippen molar-refractivity contribution in [1.82, 2.24) is 10.2 Å². The van der Waals surface area contributed by atoms with Gasteiger partial charge in [0.2, 0.25) is 5.13 Å². The Morgan fingerprint density at radius 2 is 2.17 bits per heavy atom. The van der Waals surface area contributed by atoms with Crippen LogP contribution in [0.2, 0.25) is 0 Å². The molecule has 0 spiro atoms. The van der Waals surface area contributed by atoms with Crippen LogP contribution < -0.4 is 11.1 Å². The molecule has 8 heteroatoms. The van der Waals surface area contributed by atoms with E-state index in [2.05, 4.69) is 15.5 Å². The maximum absolute atomic E-state index is 11.9. The summed E-state index contributed by atoms with van der Waals surface area (Å²) in [5, 5.41) is 21.0. The summed E-state index contributed by atoms with van der Waals surface area (Å²) in [7, 11) is 0. The van der Waals surface area contributed by atoms with E-state index >= 15 is 0 Å². The van der Waals surface area contributed by atoms with E-state index in [1.807, 2.05) is 38.1 Å². The molecule has 0 amide bonds. The van der Waals surface area contributed by atoms with E-state index in [1.54, 1.807) is 0 Å². The average Bonchev–Trinajstić information content (AvgIpc) is 2.98. The van der Waals surface area contributed by atoms with Gasteiger partial charge in [-0.2, -0.15) is 5.26 Å². The molecule has 0 aliphatic carbocycles. The van der Waals surface area contributed by atoms with Gasteiger partial charge in [-0.25, -0.2) is 0 Å². The van der Waals surface area contributed by atoms with Crippen LogP contribution in [0.1, 0.15) is 18.1 Å². The molecule has 0 fully saturated rings. The van der Waals surface area contributed by atoms with Crippen molar-refractivity contribution < 1.29 is 4.79 Å². The van der Waals surface area contributed by atoms with Gasteiger partial charge in [0.15, 0.2) is 10.1 Å². The number of thioether (sulfide) groups is 1. The molecular formula is C16H17N5OS2. The summed E-state index contributed by atoms with van der Waals surface area (Å²) in [5.41, 5.74) is 9.08. The lowest BCUT2D eigenvalue weighted by Gasteiger charge is -2.08. The molecular weight excluding hydrogens is 342 g/mol. The molecule has 1 heterocycles. The monoisotopic (exact) mass is 359 g/mol. The fourth-order valence-corrected chi connectivity index (χ4v) is 3.53. The summed E-state index contributed by atoms with van der Waals surface area (Å²) in [4.78, 5) is 11.9. The second-order valence-electron chi connectivity index (χ2n) is 5.13. The molecule has 6 nitrogen and oxygen atoms in total. The minimum Gasteiger partial charge on any atom is -0.401 e. The highest BCUT2D eigenvalue weighted by atomic mass is 32.2. The number of aromatic nitrogens is 2. The number of allylic oxidation sites excluding steroid dienone is 2. The summed E-state index contributed by atoms with van der Waals surface area (Å²) in [5.74, 6) is -0.197. The Bertz CT molecular complexity index is 831. The highest BCUT2D eigenvalue weighted by Crippen LogP contribution is 2.29. The highest BCUT2D eigenvalue weighted by Gasteiger charge is 2.14. The van der Waals surface area contributed by atoms with Gasteiger partial charge in [-0.1, -0.05) is 35.2 Å². The molecule has 0 aliphatic heterocycles. The third-order valence-electron chi connectivity index (χ3n) is 3.36. The number of aryl methyl sites for hydroxylation is 1. The zero-order chi connectivity index (χ0) is 17.7. The van der Waals surface area contributed by atoms with E-state index in [1.165, 1.54) is 35.6 Å². The van der Waals surface area contributed by atoms with Crippen LogP contribution in [-0.2, 0) is 4.79 Å². The fraction of sp³-hybridized carbons (Fsp3) is 0.250. The lowest BCUT2D eigenvalue weighted by molar-refractivity contribution is -0.112. The van der Waals surface area contributed by atoms with Crippen molar-refractivity contribution in [3.63, 3.8) is 0 Å². The van der Waals surface area contributed by atoms with Crippen LogP contribution in [0.4, 0.5) is 10.8 Å². The lowest BCUT2D eigenvalue weighted by Crippen LogP contribution is -2.10. The van der Waals surface area contributed by atoms with Crippen molar-refractivity contribution in [2.24, 2.45) is 5.73 Å². The predicted octanol–water partition coefficient (Wildman–Crippen LogP) is 3.32. The van der Waals surface area contributed by atoms with Gasteiger partial charge >= 0.3 is 0 Å². The number of carbonyl (C=O) groups is 1. The summed E-state index contributed by atoms with van der Waals surface area (Å²) in [6, 6.07) is 7.84. The Morgan fingerprint density at radius 3 is 2.83 bits per heavy atom. The van der Waals surface area contributed by atoms with Crippen molar-refractivity contribution in [3.8, 4) is 6.07 Å². The summed E-state index contributed by atoms with van der Waals surface area (Å²) in [6.07, 6.45) is 0. The van der Waals surface area contributed by atoms with Gasteiger partial charge in [-0.15, -0.1) is 10.2 Å². The largest absolute Gasteiger partial charge is 0.401 e. The Balaban J connectivity index is 2.02. The number of nitrogens with two attached hydrogens (primary N) is 1. The molecule has 0 saturated carbocycles. The third-order valence-corrected chi connectivity index (χ3v) is 5.34. The molecule has 3 N–H and O–H groups in total. The standard InChI is InChI=1S/C16H17N5OS2/c1-9-5-4-6-13(10(9)2)19-15-20-21-16(24-15)23-8-14(22)12(7-17)11(3)18/h4-6H,8,18H2,1-3H3,(H,19,20)/b12-11+. The zero-order valence-electron chi connectivity index (χ0n) is 13.6. The number of anilines is 2. The molecule has 1 aromatic carbocycles. The van der Waals surface area contributed by atoms with Crippen molar-refractivity contribution in [1.29, 1.82) is 5.26 Å². The number of nitrogens with zero attached hydrogens (tertiary/aromatic N) is 3. The molecule has 124 valence electrons. The summed E-state index contributed by atoms with van der Waals surface area (Å²) in [6.45, 7) is 5.63. The normalized spacial score (nSPS) is 11.6. The van der Waals surface area contributed by atoms with Crippen LogP contribution in [-0.4, -0.2) is 21.7 Å². The van der Waals surface area contributed by atoms with Gasteiger partial charge in [0.1, 0.15) is 11.6 Å². The van der Waals surface area contributed by atoms with Crippen molar-refractivity contribution in [2.45, 2.75) is 25.1 Å². The Hall–Kier alpha value is -2.37. The second kappa shape index (κ2) is 7.95. The zero-order valence-corrected chi connectivity index (χ0v) is 15.2. The fourth-order valence-electron chi connectivity index (χ4n) is 1.89. The van der Waals surface area contributed by atoms with E-state index in [9.17, 15) is 4.79 Å². The van der Waals surface area contributed by atoms with Crippen molar-refractivity contribution >= 4 is 39.7 Å². The molecule has 0 bridgehead atoms. The van der Waals surface area contributed by atoms with Gasteiger partial charge in [-0.05, 0) is 38.0 Å². The number of benzene rings is 1. The summed E-state index contributed by atoms with van der Waals surface area (Å²) >= 11 is 2.60. The number of carbonyl (C=O) groups excluding carboxylic acids is 1. The number of hydrogen-bond donors (Lipinski definition) is 2. The first-order valence-corrected chi connectivity index (χ1v) is 8.91. The molecule has 24 heavy (non-hydrogen) atoms. The van der Waals surface area contributed by atoms with Crippen molar-refractivity contribution in [2.75, 3.05) is 11.1 Å². The smallest absolute Gasteiger partial charge is 0.210 e. The van der Waals surface area contributed by atoms with Gasteiger partial charge in [0.05, 0.1) is 5.75 Å². The van der Waals surface area contributed by atoms with Crippen LogP contribution in [0.3, 0.4) is 0 Å². The average molecular weight is 359 g/mol. The van der Waals surface area contributed by atoms with Crippen LogP contribution in [0.25, 0.3) is 0 Å². The molecule has 0 atom stereocenters. The predicted molar refractivity (Wildman–Crippen MR) is 97.3 cm³/mol. The molecule has 0 radical (unpaired) electrons. The SMILES string of the molecule is C/C(N)=C(/C#N)C(=O)CSc1nnc(Nc2cccc(C)c2C)s1. The quantitative estimate of drug-likeness (QED) is 0.463. The van der Waals surface area contributed by atoms with Gasteiger partial charge in [-0.3, -0.25) is 4.79 Å². The van der Waals surface area contributed by atoms with E-state index < -0.39 is 0 Å². The van der Waals surface area contributed by atoms with Crippen LogP contribution >= 0.6 is 23.1 Å². The first-order chi connectivity index (χ1) is 11.4. The summed E-state index contributed by atoms with van der Waals surface area (Å²) < 4.78 is 0.656. The first kappa shape index (κ1) is 18.0. The van der Waals surface area contributed by atoms with E-state index in [0.29, 0.717) is 9.47 Å². The second-order valence-corrected chi connectivity index (χ2v) is 7.33. The van der Waals surface area contributed by atoms with Crippen LogP contribution in [0, 0.1) is 25.2 Å². The third kappa shape index (κ3) is 4.34. The number of rotatable bonds is 6. The minimum atomic E-state index is -0.304. The lowest BCUT2D eigenvalue weighted by atomic mass is 10.1. The van der Waals surface area contributed by atoms with E-state index in [-0.39, 0.29) is 22.8 Å². The molecule has 2 aromatic rings. The minimum absolute atomic E-state index is 0.000694. The number of Topliss-reactive ketones (excluding diaryl/α,β-unsaturated/α-hetero) is 1. The number of hydrogen-bond acceptors (Lipinski definition) is 8. The number of ketones is 1. The van der Waals surface area contributed by atoms with Gasteiger partial charge < -0.3 is 11.1 Å².